The van der Waals surface area contributed by atoms with Crippen LogP contribution in [0.5, 0.6) is 0 Å². The number of halogens is 2. The van der Waals surface area contributed by atoms with Gasteiger partial charge in [0.25, 0.3) is 5.91 Å². The van der Waals surface area contributed by atoms with Crippen LogP contribution in [-0.4, -0.2) is 20.1 Å². The summed E-state index contributed by atoms with van der Waals surface area (Å²) in [6, 6.07) is 3.01. The number of hydrogen-bond donors (Lipinski definition) is 1. The van der Waals surface area contributed by atoms with Crippen molar-refractivity contribution in [3.63, 3.8) is 0 Å². The number of rotatable bonds is 6. The summed E-state index contributed by atoms with van der Waals surface area (Å²) in [5.74, 6) is -3.93. The number of sulfonamides is 1. The minimum Gasteiger partial charge on any atom is -0.268 e. The second-order valence-electron chi connectivity index (χ2n) is 4.06. The molecule has 1 aromatic carbocycles. The third-order valence-corrected chi connectivity index (χ3v) is 3.78. The highest BCUT2D eigenvalue weighted by Crippen LogP contribution is 2.11. The van der Waals surface area contributed by atoms with Crippen molar-refractivity contribution in [2.24, 2.45) is 0 Å². The van der Waals surface area contributed by atoms with Crippen molar-refractivity contribution >= 4 is 15.9 Å². The lowest BCUT2D eigenvalue weighted by atomic mass is 10.2. The number of amides is 1. The van der Waals surface area contributed by atoms with Gasteiger partial charge in [0.05, 0.1) is 11.3 Å². The number of nitrogens with one attached hydrogen (secondary N) is 1. The zero-order valence-electron chi connectivity index (χ0n) is 10.4. The van der Waals surface area contributed by atoms with Gasteiger partial charge in [-0.2, -0.15) is 0 Å². The molecule has 0 heterocycles. The van der Waals surface area contributed by atoms with Gasteiger partial charge in [-0.05, 0) is 18.6 Å². The molecule has 0 aliphatic heterocycles. The average Bonchev–Trinajstić information content (AvgIpc) is 2.32. The molecule has 0 unspecified atom stereocenters. The standard InChI is InChI=1S/C12H15F2NO3S/c1-2-3-4-8-19(17,18)15-12(16)9-6-5-7-10(13)11(9)14/h5-7H,2-4,8H2,1H3,(H,15,16). The minimum atomic E-state index is -3.82. The third kappa shape index (κ3) is 4.59. The fourth-order valence-corrected chi connectivity index (χ4v) is 2.55. The van der Waals surface area contributed by atoms with Gasteiger partial charge in [0.15, 0.2) is 11.6 Å². The van der Waals surface area contributed by atoms with Gasteiger partial charge in [0, 0.05) is 0 Å². The molecule has 0 radical (unpaired) electrons. The van der Waals surface area contributed by atoms with Gasteiger partial charge in [0.2, 0.25) is 10.0 Å². The van der Waals surface area contributed by atoms with Gasteiger partial charge >= 0.3 is 0 Å². The monoisotopic (exact) mass is 291 g/mol. The van der Waals surface area contributed by atoms with Crippen LogP contribution < -0.4 is 4.72 Å². The number of carbonyl (C=O) groups excluding carboxylic acids is 1. The van der Waals surface area contributed by atoms with Crippen molar-refractivity contribution in [3.05, 3.63) is 35.4 Å². The van der Waals surface area contributed by atoms with E-state index >= 15 is 0 Å². The van der Waals surface area contributed by atoms with Crippen molar-refractivity contribution in [3.8, 4) is 0 Å². The molecule has 7 heteroatoms. The second-order valence-corrected chi connectivity index (χ2v) is 5.90. The molecule has 106 valence electrons. The Morgan fingerprint density at radius 1 is 1.26 bits per heavy atom. The predicted molar refractivity (Wildman–Crippen MR) is 67.1 cm³/mol. The summed E-state index contributed by atoms with van der Waals surface area (Å²) in [7, 11) is -3.82. The van der Waals surface area contributed by atoms with Crippen LogP contribution in [0, 0.1) is 11.6 Å². The number of hydrogen-bond acceptors (Lipinski definition) is 3. The maximum Gasteiger partial charge on any atom is 0.267 e. The van der Waals surface area contributed by atoms with E-state index in [4.69, 9.17) is 0 Å². The summed E-state index contributed by atoms with van der Waals surface area (Å²) in [5, 5.41) is 0. The van der Waals surface area contributed by atoms with E-state index in [1.165, 1.54) is 0 Å². The van der Waals surface area contributed by atoms with Crippen LogP contribution in [0.4, 0.5) is 8.78 Å². The largest absolute Gasteiger partial charge is 0.268 e. The van der Waals surface area contributed by atoms with E-state index in [0.717, 1.165) is 24.6 Å². The Hall–Kier alpha value is -1.50. The highest BCUT2D eigenvalue weighted by molar-refractivity contribution is 7.90. The first-order valence-electron chi connectivity index (χ1n) is 5.86. The molecule has 0 spiro atoms. The van der Waals surface area contributed by atoms with Crippen LogP contribution in [0.25, 0.3) is 0 Å². The normalized spacial score (nSPS) is 11.3. The molecule has 0 aliphatic rings. The number of benzene rings is 1. The summed E-state index contributed by atoms with van der Waals surface area (Å²) >= 11 is 0. The van der Waals surface area contributed by atoms with Crippen LogP contribution >= 0.6 is 0 Å². The van der Waals surface area contributed by atoms with Gasteiger partial charge in [-0.3, -0.25) is 4.79 Å². The zero-order valence-corrected chi connectivity index (χ0v) is 11.3. The highest BCUT2D eigenvalue weighted by Gasteiger charge is 2.20. The highest BCUT2D eigenvalue weighted by atomic mass is 32.2. The van der Waals surface area contributed by atoms with E-state index in [1.807, 2.05) is 6.92 Å². The Balaban J connectivity index is 2.77. The first-order chi connectivity index (χ1) is 8.87. The molecular formula is C12H15F2NO3S. The van der Waals surface area contributed by atoms with Crippen molar-refractivity contribution in [1.29, 1.82) is 0 Å². The van der Waals surface area contributed by atoms with Crippen LogP contribution in [0.2, 0.25) is 0 Å². The molecule has 1 N–H and O–H groups in total. The van der Waals surface area contributed by atoms with E-state index in [-0.39, 0.29) is 5.75 Å². The minimum absolute atomic E-state index is 0.219. The summed E-state index contributed by atoms with van der Waals surface area (Å²) in [4.78, 5) is 11.6. The van der Waals surface area contributed by atoms with E-state index in [0.29, 0.717) is 12.8 Å². The average molecular weight is 291 g/mol. The molecule has 19 heavy (non-hydrogen) atoms. The van der Waals surface area contributed by atoms with Gasteiger partial charge in [0.1, 0.15) is 0 Å². The Morgan fingerprint density at radius 3 is 2.58 bits per heavy atom. The maximum absolute atomic E-state index is 13.3. The smallest absolute Gasteiger partial charge is 0.267 e. The fraction of sp³-hybridized carbons (Fsp3) is 0.417. The molecule has 0 saturated heterocycles. The molecule has 1 aromatic rings. The van der Waals surface area contributed by atoms with Crippen LogP contribution in [-0.2, 0) is 10.0 Å². The van der Waals surface area contributed by atoms with E-state index < -0.39 is 33.1 Å². The van der Waals surface area contributed by atoms with E-state index in [9.17, 15) is 22.0 Å². The lowest BCUT2D eigenvalue weighted by Crippen LogP contribution is -2.33. The first kappa shape index (κ1) is 15.6. The van der Waals surface area contributed by atoms with Crippen LogP contribution in [0.3, 0.4) is 0 Å². The van der Waals surface area contributed by atoms with E-state index in [2.05, 4.69) is 0 Å². The number of carbonyl (C=O) groups is 1. The molecule has 0 atom stereocenters. The van der Waals surface area contributed by atoms with Crippen molar-refractivity contribution < 1.29 is 22.0 Å². The second kappa shape index (κ2) is 6.60. The topological polar surface area (TPSA) is 63.2 Å². The molecule has 0 saturated carbocycles. The van der Waals surface area contributed by atoms with Crippen LogP contribution in [0.1, 0.15) is 36.5 Å². The Morgan fingerprint density at radius 2 is 1.95 bits per heavy atom. The first-order valence-corrected chi connectivity index (χ1v) is 7.51. The molecule has 4 nitrogen and oxygen atoms in total. The number of unbranched alkanes of at least 4 members (excludes halogenated alkanes) is 2. The molecule has 0 fully saturated rings. The fourth-order valence-electron chi connectivity index (χ4n) is 1.47. The lowest BCUT2D eigenvalue weighted by molar-refractivity contribution is 0.0976. The van der Waals surface area contributed by atoms with Gasteiger partial charge in [-0.1, -0.05) is 25.8 Å². The quantitative estimate of drug-likeness (QED) is 0.817. The Kier molecular flexibility index (Phi) is 5.41. The maximum atomic E-state index is 13.3. The molecule has 0 aliphatic carbocycles. The zero-order chi connectivity index (χ0) is 14.5. The van der Waals surface area contributed by atoms with Gasteiger partial charge in [-0.25, -0.2) is 21.9 Å². The van der Waals surface area contributed by atoms with Crippen molar-refractivity contribution in [1.82, 2.24) is 4.72 Å². The summed E-state index contributed by atoms with van der Waals surface area (Å²) in [6.07, 6.45) is 1.95. The summed E-state index contributed by atoms with van der Waals surface area (Å²) in [5.41, 5.74) is -0.626. The Bertz CT molecular complexity index is 558. The molecule has 1 amide bonds. The third-order valence-electron chi connectivity index (χ3n) is 2.46. The van der Waals surface area contributed by atoms with Gasteiger partial charge in [-0.15, -0.1) is 0 Å². The summed E-state index contributed by atoms with van der Waals surface area (Å²) in [6.45, 7) is 1.91. The SMILES string of the molecule is CCCCCS(=O)(=O)NC(=O)c1cccc(F)c1F. The molecule has 0 aromatic heterocycles. The van der Waals surface area contributed by atoms with Gasteiger partial charge < -0.3 is 0 Å². The predicted octanol–water partition coefficient (Wildman–Crippen LogP) is 2.21. The van der Waals surface area contributed by atoms with Crippen molar-refractivity contribution in [2.75, 3.05) is 5.75 Å². The van der Waals surface area contributed by atoms with E-state index in [1.54, 1.807) is 4.72 Å². The molecule has 0 bridgehead atoms. The molecule has 1 rings (SSSR count). The lowest BCUT2D eigenvalue weighted by Gasteiger charge is -2.07. The Labute approximate surface area is 110 Å². The van der Waals surface area contributed by atoms with Crippen molar-refractivity contribution in [2.45, 2.75) is 26.2 Å². The van der Waals surface area contributed by atoms with Crippen LogP contribution in [0.15, 0.2) is 18.2 Å². The summed E-state index contributed by atoms with van der Waals surface area (Å²) < 4.78 is 51.0. The molecular weight excluding hydrogens is 276 g/mol.